The number of nitrogens with zero attached hydrogens (tertiary/aromatic N) is 6. The Balaban J connectivity index is -0.0000000164. The first kappa shape index (κ1) is 63.9. The van der Waals surface area contributed by atoms with E-state index in [0.29, 0.717) is 0 Å². The number of hydrogen-bond donors (Lipinski definition) is 0. The Morgan fingerprint density at radius 1 is 0.500 bits per heavy atom. The average molecular weight is 576 g/mol. The van der Waals surface area contributed by atoms with Gasteiger partial charge in [0.05, 0.1) is 36.4 Å². The van der Waals surface area contributed by atoms with Gasteiger partial charge in [-0.05, 0) is 0 Å². The quantitative estimate of drug-likeness (QED) is 0.307. The standard InChI is InChI=1S/6C2H3N.2C2H4O2.2Rh/c6*1-2-3;2*1-2(3)4;;/h6*1H3;2*1H3,(H,3,4);;/q;;;;;;;;2*+2/p+4. The molecular formula is C16H30N6O4Rh2+8. The Morgan fingerprint density at radius 2 is 0.500 bits per heavy atom. The van der Waals surface area contributed by atoms with Crippen LogP contribution in [0.4, 0.5) is 0 Å². The summed E-state index contributed by atoms with van der Waals surface area (Å²) in [6, 6.07) is 10.5. The first-order valence-corrected chi connectivity index (χ1v) is 6.29. The molecular weight excluding hydrogens is 546 g/mol. The molecule has 0 aliphatic heterocycles. The summed E-state index contributed by atoms with van der Waals surface area (Å²) in [6.45, 7) is 11.2. The smallest absolute Gasteiger partial charge is 0.524 e. The molecule has 0 fully saturated rings. The summed E-state index contributed by atoms with van der Waals surface area (Å²) in [5, 5.41) is 56.0. The van der Waals surface area contributed by atoms with E-state index in [4.69, 9.17) is 51.4 Å². The molecule has 0 aromatic rings. The molecule has 0 aromatic heterocycles. The van der Waals surface area contributed by atoms with Crippen LogP contribution in [-0.2, 0) is 39.0 Å². The SMILES string of the molecule is CC#N.CC#N.CC#N.CC#N.CC#N.CC#N.CC(=[OH+])[OH2+].CC(=[OH+])[OH2+].[Rh+2].[Rh+2]. The molecule has 0 aliphatic rings. The fourth-order valence-corrected chi connectivity index (χ4v) is 0. The Morgan fingerprint density at radius 3 is 0.500 bits per heavy atom. The van der Waals surface area contributed by atoms with E-state index in [9.17, 15) is 0 Å². The molecule has 0 bridgehead atoms. The van der Waals surface area contributed by atoms with E-state index in [-0.39, 0.29) is 50.9 Å². The minimum atomic E-state index is -0.333. The summed E-state index contributed by atoms with van der Waals surface area (Å²) in [5.74, 6) is -0.667. The van der Waals surface area contributed by atoms with Gasteiger partial charge in [-0.25, -0.2) is 9.59 Å². The molecule has 0 spiro atoms. The van der Waals surface area contributed by atoms with Crippen LogP contribution in [0, 0.1) is 68.0 Å². The minimum Gasteiger partial charge on any atom is -0.524 e. The van der Waals surface area contributed by atoms with Crippen LogP contribution in [0.25, 0.3) is 0 Å². The molecule has 158 valence electrons. The van der Waals surface area contributed by atoms with Crippen LogP contribution in [0.15, 0.2) is 0 Å². The van der Waals surface area contributed by atoms with Gasteiger partial charge in [0.2, 0.25) is 0 Å². The number of carbonyl (C=O) groups excluding carboxylic acids is 2. The van der Waals surface area contributed by atoms with Gasteiger partial charge in [0, 0.05) is 41.5 Å². The van der Waals surface area contributed by atoms with Gasteiger partial charge in [-0.1, -0.05) is 0 Å². The van der Waals surface area contributed by atoms with Crippen molar-refractivity contribution in [3.05, 3.63) is 0 Å². The molecule has 0 heterocycles. The molecule has 28 heavy (non-hydrogen) atoms. The predicted octanol–water partition coefficient (Wildman–Crippen LogP) is 1.64. The third kappa shape index (κ3) is 1370. The van der Waals surface area contributed by atoms with Crippen molar-refractivity contribution in [3.8, 4) is 36.4 Å². The molecule has 0 saturated carbocycles. The maximum Gasteiger partial charge on any atom is 2.00 e. The Labute approximate surface area is 193 Å². The van der Waals surface area contributed by atoms with Crippen LogP contribution in [0.3, 0.4) is 0 Å². The van der Waals surface area contributed by atoms with E-state index in [1.807, 2.05) is 0 Å². The van der Waals surface area contributed by atoms with Crippen molar-refractivity contribution in [2.45, 2.75) is 55.4 Å². The topological polar surface area (TPSA) is 231 Å². The van der Waals surface area contributed by atoms with E-state index in [1.54, 1.807) is 36.4 Å². The minimum absolute atomic E-state index is 0. The van der Waals surface area contributed by atoms with Crippen LogP contribution in [0.5, 0.6) is 0 Å². The summed E-state index contributed by atoms with van der Waals surface area (Å²) >= 11 is 0. The van der Waals surface area contributed by atoms with Gasteiger partial charge in [-0.2, -0.15) is 31.6 Å². The van der Waals surface area contributed by atoms with Crippen LogP contribution < -0.4 is 0 Å². The van der Waals surface area contributed by atoms with Gasteiger partial charge in [0.15, 0.2) is 0 Å². The Hall–Kier alpha value is -2.87. The second kappa shape index (κ2) is 155. The van der Waals surface area contributed by atoms with Gasteiger partial charge < -0.3 is 10.2 Å². The third-order valence-electron chi connectivity index (χ3n) is 0. The van der Waals surface area contributed by atoms with Gasteiger partial charge in [0.25, 0.3) is 0 Å². The fraction of sp³-hybridized carbons (Fsp3) is 0.500. The molecule has 0 amide bonds. The first-order valence-electron chi connectivity index (χ1n) is 6.29. The average Bonchev–Trinajstić information content (AvgIpc) is 2.41. The Bertz CT molecular complexity index is 403. The fourth-order valence-electron chi connectivity index (χ4n) is 0. The summed E-state index contributed by atoms with van der Waals surface area (Å²) in [4.78, 5) is 15.3. The van der Waals surface area contributed by atoms with E-state index in [0.717, 1.165) is 0 Å². The van der Waals surface area contributed by atoms with Crippen molar-refractivity contribution in [3.63, 3.8) is 0 Å². The number of hydrogen-bond acceptors (Lipinski definition) is 6. The zero-order valence-corrected chi connectivity index (χ0v) is 20.5. The molecule has 0 saturated heterocycles. The molecule has 2 radical (unpaired) electrons. The van der Waals surface area contributed by atoms with Crippen LogP contribution in [0.1, 0.15) is 55.4 Å². The van der Waals surface area contributed by atoms with Crippen LogP contribution in [-0.4, -0.2) is 31.7 Å². The monoisotopic (exact) mass is 576 g/mol. The molecule has 0 atom stereocenters. The van der Waals surface area contributed by atoms with Gasteiger partial charge in [-0.15, -0.1) is 0 Å². The molecule has 0 aliphatic carbocycles. The summed E-state index contributed by atoms with van der Waals surface area (Å²) in [7, 11) is 0. The van der Waals surface area contributed by atoms with Crippen LogP contribution in [0.2, 0.25) is 0 Å². The molecule has 10 nitrogen and oxygen atoms in total. The Kier molecular flexibility index (Phi) is 354. The molecule has 0 rings (SSSR count). The maximum absolute atomic E-state index is 7.64. The van der Waals surface area contributed by atoms with E-state index in [2.05, 4.69) is 0 Å². The van der Waals surface area contributed by atoms with Crippen molar-refractivity contribution in [1.29, 1.82) is 31.6 Å². The van der Waals surface area contributed by atoms with Crippen LogP contribution >= 0.6 is 0 Å². The van der Waals surface area contributed by atoms with Crippen molar-refractivity contribution in [2.24, 2.45) is 0 Å². The van der Waals surface area contributed by atoms with Crippen molar-refractivity contribution in [2.75, 3.05) is 0 Å². The normalized spacial score (nSPS) is 3.50. The van der Waals surface area contributed by atoms with Gasteiger partial charge >= 0.3 is 50.9 Å². The molecule has 0 aromatic carbocycles. The third-order valence-corrected chi connectivity index (χ3v) is 0. The van der Waals surface area contributed by atoms with Gasteiger partial charge in [-0.3, -0.25) is 0 Å². The molecule has 6 N–H and O–H groups in total. The zero-order valence-electron chi connectivity index (χ0n) is 17.2. The second-order valence-corrected chi connectivity index (χ2v) is 2.51. The second-order valence-electron chi connectivity index (χ2n) is 2.51. The summed E-state index contributed by atoms with van der Waals surface area (Å²) in [5.41, 5.74) is 0. The van der Waals surface area contributed by atoms with Gasteiger partial charge in [0.1, 0.15) is 13.8 Å². The van der Waals surface area contributed by atoms with E-state index in [1.165, 1.54) is 55.4 Å². The summed E-state index contributed by atoms with van der Waals surface area (Å²) < 4.78 is 0. The van der Waals surface area contributed by atoms with Crippen molar-refractivity contribution >= 4 is 11.9 Å². The first-order chi connectivity index (χ1) is 11.9. The predicted molar refractivity (Wildman–Crippen MR) is 100 cm³/mol. The van der Waals surface area contributed by atoms with E-state index < -0.39 is 0 Å². The molecule has 0 unspecified atom stereocenters. The van der Waals surface area contributed by atoms with E-state index >= 15 is 0 Å². The zero-order chi connectivity index (χ0) is 23.4. The number of rotatable bonds is 0. The molecule has 12 heteroatoms. The summed E-state index contributed by atoms with van der Waals surface area (Å²) in [6.07, 6.45) is 0. The largest absolute Gasteiger partial charge is 2.00 e. The maximum atomic E-state index is 7.64. The van der Waals surface area contributed by atoms with Crippen molar-refractivity contribution in [1.82, 2.24) is 0 Å². The van der Waals surface area contributed by atoms with Crippen molar-refractivity contribution < 1.29 is 58.8 Å². The number of nitriles is 6.